The second-order valence-corrected chi connectivity index (χ2v) is 3.02. The number of hydrogen-bond acceptors (Lipinski definition) is 3. The third-order valence-electron chi connectivity index (χ3n) is 1.59. The van der Waals surface area contributed by atoms with Crippen molar-refractivity contribution in [3.05, 3.63) is 22.8 Å². The number of nitrogens with zero attached hydrogens (tertiary/aromatic N) is 1. The number of aliphatic hydroxyl groups is 1. The second kappa shape index (κ2) is 4.44. The average molecular weight is 202 g/mol. The lowest BCUT2D eigenvalue weighted by molar-refractivity contribution is 0.190. The van der Waals surface area contributed by atoms with E-state index in [4.69, 9.17) is 16.3 Å². The van der Waals surface area contributed by atoms with Gasteiger partial charge in [-0.1, -0.05) is 11.6 Å². The molecule has 1 N–H and O–H groups in total. The molecule has 0 amide bonds. The minimum atomic E-state index is -0.591. The van der Waals surface area contributed by atoms with Crippen LogP contribution in [0.15, 0.2) is 12.1 Å². The van der Waals surface area contributed by atoms with E-state index in [0.29, 0.717) is 23.2 Å². The van der Waals surface area contributed by atoms with Crippen molar-refractivity contribution < 1.29 is 9.84 Å². The zero-order valence-electron chi connectivity index (χ0n) is 7.62. The van der Waals surface area contributed by atoms with Crippen molar-refractivity contribution in [3.63, 3.8) is 0 Å². The highest BCUT2D eigenvalue weighted by Crippen LogP contribution is 2.24. The number of pyridine rings is 1. The van der Waals surface area contributed by atoms with Crippen molar-refractivity contribution in [2.24, 2.45) is 0 Å². The van der Waals surface area contributed by atoms with Gasteiger partial charge >= 0.3 is 0 Å². The summed E-state index contributed by atoms with van der Waals surface area (Å²) in [5.74, 6) is 0.407. The number of hydrogen-bond donors (Lipinski definition) is 1. The molecule has 0 radical (unpaired) electrons. The molecule has 72 valence electrons. The summed E-state index contributed by atoms with van der Waals surface area (Å²) in [7, 11) is 0. The van der Waals surface area contributed by atoms with Crippen molar-refractivity contribution in [2.75, 3.05) is 6.61 Å². The van der Waals surface area contributed by atoms with Gasteiger partial charge in [0, 0.05) is 5.56 Å². The van der Waals surface area contributed by atoms with Crippen LogP contribution in [-0.2, 0) is 0 Å². The molecule has 0 aliphatic heterocycles. The van der Waals surface area contributed by atoms with Gasteiger partial charge in [-0.05, 0) is 26.0 Å². The first-order valence-electron chi connectivity index (χ1n) is 4.12. The van der Waals surface area contributed by atoms with Gasteiger partial charge in [0.2, 0.25) is 5.88 Å². The van der Waals surface area contributed by atoms with Crippen LogP contribution < -0.4 is 4.74 Å². The molecule has 0 aromatic carbocycles. The molecule has 1 atom stereocenters. The van der Waals surface area contributed by atoms with E-state index in [9.17, 15) is 5.11 Å². The Labute approximate surface area is 82.3 Å². The summed E-state index contributed by atoms with van der Waals surface area (Å²) in [4.78, 5) is 3.97. The highest BCUT2D eigenvalue weighted by Gasteiger charge is 2.10. The Morgan fingerprint density at radius 3 is 2.85 bits per heavy atom. The molecule has 1 rings (SSSR count). The molecule has 1 heterocycles. The monoisotopic (exact) mass is 201 g/mol. The highest BCUT2D eigenvalue weighted by atomic mass is 35.5. The van der Waals surface area contributed by atoms with Gasteiger partial charge in [0.25, 0.3) is 0 Å². The molecule has 0 spiro atoms. The first-order valence-corrected chi connectivity index (χ1v) is 4.50. The Balaban J connectivity index is 3.03. The van der Waals surface area contributed by atoms with Crippen LogP contribution in [-0.4, -0.2) is 16.7 Å². The number of halogens is 1. The molecule has 0 fully saturated rings. The predicted molar refractivity (Wildman–Crippen MR) is 51.0 cm³/mol. The highest BCUT2D eigenvalue weighted by molar-refractivity contribution is 6.29. The summed E-state index contributed by atoms with van der Waals surface area (Å²) in [6.07, 6.45) is -0.591. The Kier molecular flexibility index (Phi) is 3.51. The lowest BCUT2D eigenvalue weighted by Gasteiger charge is -2.10. The number of aliphatic hydroxyl groups excluding tert-OH is 1. The topological polar surface area (TPSA) is 42.4 Å². The first-order chi connectivity index (χ1) is 6.15. The maximum absolute atomic E-state index is 9.36. The van der Waals surface area contributed by atoms with Gasteiger partial charge in [-0.3, -0.25) is 0 Å². The fourth-order valence-electron chi connectivity index (χ4n) is 0.999. The van der Waals surface area contributed by atoms with Crippen LogP contribution in [0.5, 0.6) is 5.88 Å². The fourth-order valence-corrected chi connectivity index (χ4v) is 1.14. The summed E-state index contributed by atoms with van der Waals surface area (Å²) >= 11 is 5.68. The van der Waals surface area contributed by atoms with Gasteiger partial charge in [0.15, 0.2) is 0 Å². The molecular formula is C9H12ClNO2. The standard InChI is InChI=1S/C9H12ClNO2/c1-3-13-9-7(6(2)12)4-5-8(10)11-9/h4-6,12H,3H2,1-2H3. The summed E-state index contributed by atoms with van der Waals surface area (Å²) in [5, 5.41) is 9.73. The molecule has 1 aromatic heterocycles. The van der Waals surface area contributed by atoms with E-state index in [0.717, 1.165) is 0 Å². The van der Waals surface area contributed by atoms with E-state index in [1.165, 1.54) is 0 Å². The number of ether oxygens (including phenoxy) is 1. The summed E-state index contributed by atoms with van der Waals surface area (Å²) < 4.78 is 5.22. The van der Waals surface area contributed by atoms with E-state index in [1.807, 2.05) is 6.92 Å². The van der Waals surface area contributed by atoms with E-state index in [-0.39, 0.29) is 0 Å². The van der Waals surface area contributed by atoms with Crippen molar-refractivity contribution in [3.8, 4) is 5.88 Å². The number of rotatable bonds is 3. The number of aromatic nitrogens is 1. The van der Waals surface area contributed by atoms with Gasteiger partial charge in [0.05, 0.1) is 12.7 Å². The molecule has 3 nitrogen and oxygen atoms in total. The van der Waals surface area contributed by atoms with E-state index >= 15 is 0 Å². The molecule has 0 aliphatic carbocycles. The molecule has 1 aromatic rings. The van der Waals surface area contributed by atoms with Crippen molar-refractivity contribution in [1.82, 2.24) is 4.98 Å². The lowest BCUT2D eigenvalue weighted by atomic mass is 10.2. The Hall–Kier alpha value is -0.800. The second-order valence-electron chi connectivity index (χ2n) is 2.64. The van der Waals surface area contributed by atoms with Crippen molar-refractivity contribution in [1.29, 1.82) is 0 Å². The largest absolute Gasteiger partial charge is 0.478 e. The molecule has 0 saturated carbocycles. The normalized spacial score (nSPS) is 12.6. The Bertz CT molecular complexity index is 289. The van der Waals surface area contributed by atoms with Crippen LogP contribution in [0.4, 0.5) is 0 Å². The van der Waals surface area contributed by atoms with Gasteiger partial charge in [-0.25, -0.2) is 4.98 Å². The first kappa shape index (κ1) is 10.3. The smallest absolute Gasteiger partial charge is 0.220 e. The molecular weight excluding hydrogens is 190 g/mol. The maximum Gasteiger partial charge on any atom is 0.220 e. The van der Waals surface area contributed by atoms with Crippen LogP contribution in [0.1, 0.15) is 25.5 Å². The Morgan fingerprint density at radius 2 is 2.31 bits per heavy atom. The van der Waals surface area contributed by atoms with Crippen LogP contribution in [0.2, 0.25) is 5.15 Å². The third kappa shape index (κ3) is 2.57. The van der Waals surface area contributed by atoms with Crippen molar-refractivity contribution >= 4 is 11.6 Å². The summed E-state index contributed by atoms with van der Waals surface area (Å²) in [6, 6.07) is 3.34. The van der Waals surface area contributed by atoms with Gasteiger partial charge in [-0.2, -0.15) is 0 Å². The predicted octanol–water partition coefficient (Wildman–Crippen LogP) is 2.19. The third-order valence-corrected chi connectivity index (χ3v) is 1.80. The Morgan fingerprint density at radius 1 is 1.62 bits per heavy atom. The van der Waals surface area contributed by atoms with Gasteiger partial charge in [0.1, 0.15) is 5.15 Å². The molecule has 4 heteroatoms. The zero-order chi connectivity index (χ0) is 9.84. The van der Waals surface area contributed by atoms with Crippen LogP contribution in [0.25, 0.3) is 0 Å². The minimum absolute atomic E-state index is 0.368. The quantitative estimate of drug-likeness (QED) is 0.763. The van der Waals surface area contributed by atoms with Crippen LogP contribution in [0.3, 0.4) is 0 Å². The average Bonchev–Trinajstić information content (AvgIpc) is 2.04. The fraction of sp³-hybridized carbons (Fsp3) is 0.444. The molecule has 0 bridgehead atoms. The molecule has 1 unspecified atom stereocenters. The maximum atomic E-state index is 9.36. The van der Waals surface area contributed by atoms with Crippen molar-refractivity contribution in [2.45, 2.75) is 20.0 Å². The van der Waals surface area contributed by atoms with Crippen LogP contribution in [0, 0.1) is 0 Å². The van der Waals surface area contributed by atoms with Crippen LogP contribution >= 0.6 is 11.6 Å². The van der Waals surface area contributed by atoms with E-state index < -0.39 is 6.10 Å². The summed E-state index contributed by atoms with van der Waals surface area (Å²) in [5.41, 5.74) is 0.659. The van der Waals surface area contributed by atoms with E-state index in [1.54, 1.807) is 19.1 Å². The van der Waals surface area contributed by atoms with E-state index in [2.05, 4.69) is 4.98 Å². The summed E-state index contributed by atoms with van der Waals surface area (Å²) in [6.45, 7) is 4.02. The SMILES string of the molecule is CCOc1nc(Cl)ccc1C(C)O. The lowest BCUT2D eigenvalue weighted by Crippen LogP contribution is -2.01. The van der Waals surface area contributed by atoms with Gasteiger partial charge in [-0.15, -0.1) is 0 Å². The zero-order valence-corrected chi connectivity index (χ0v) is 8.38. The minimum Gasteiger partial charge on any atom is -0.478 e. The molecule has 13 heavy (non-hydrogen) atoms. The molecule has 0 aliphatic rings. The molecule has 0 saturated heterocycles. The van der Waals surface area contributed by atoms with Gasteiger partial charge < -0.3 is 9.84 Å².